The number of carbonyl (C=O) groups excluding carboxylic acids is 1. The number of hydrogen-bond donors (Lipinski definition) is 2. The number of aliphatic imine (C=N–C) groups is 1. The number of aromatic amines is 1. The highest BCUT2D eigenvalue weighted by Gasteiger charge is 2.33. The summed E-state index contributed by atoms with van der Waals surface area (Å²) in [5, 5.41) is 10.9. The van der Waals surface area contributed by atoms with Crippen LogP contribution in [0.5, 0.6) is 11.5 Å². The van der Waals surface area contributed by atoms with Crippen LogP contribution in [0.3, 0.4) is 0 Å². The normalized spacial score (nSPS) is 16.3. The van der Waals surface area contributed by atoms with Crippen molar-refractivity contribution in [2.75, 3.05) is 13.7 Å². The van der Waals surface area contributed by atoms with Crippen LogP contribution < -0.4 is 9.47 Å². The van der Waals surface area contributed by atoms with Gasteiger partial charge in [0.05, 0.1) is 17.7 Å². The summed E-state index contributed by atoms with van der Waals surface area (Å²) >= 11 is 1.32. The van der Waals surface area contributed by atoms with Gasteiger partial charge in [-0.2, -0.15) is 0 Å². The second-order valence-corrected chi connectivity index (χ2v) is 9.92. The van der Waals surface area contributed by atoms with Gasteiger partial charge in [-0.3, -0.25) is 9.69 Å². The fourth-order valence-corrected chi connectivity index (χ4v) is 5.26. The third-order valence-electron chi connectivity index (χ3n) is 6.29. The predicted octanol–water partition coefficient (Wildman–Crippen LogP) is 5.88. The average Bonchev–Trinajstić information content (AvgIpc) is 3.48. The van der Waals surface area contributed by atoms with Gasteiger partial charge < -0.3 is 19.6 Å². The van der Waals surface area contributed by atoms with E-state index >= 15 is 0 Å². The summed E-state index contributed by atoms with van der Waals surface area (Å²) in [6.45, 7) is 1.92. The van der Waals surface area contributed by atoms with Gasteiger partial charge in [0.2, 0.25) is 0 Å². The summed E-state index contributed by atoms with van der Waals surface area (Å²) in [7, 11) is 1.48. The molecule has 1 aliphatic heterocycles. The SMILES string of the molecule is COc1cc(/C=C2\SC(=Nc3ccccc3)N(CCc3c[nH]c4ccccc34)C2=O)ccc1O[C@H](C)C(=O)O. The molecule has 1 saturated heterocycles. The van der Waals surface area contributed by atoms with E-state index in [-0.39, 0.29) is 5.91 Å². The van der Waals surface area contributed by atoms with Gasteiger partial charge >= 0.3 is 5.97 Å². The Bertz CT molecular complexity index is 1580. The van der Waals surface area contributed by atoms with Gasteiger partial charge in [-0.15, -0.1) is 0 Å². The molecule has 0 unspecified atom stereocenters. The number of nitrogens with zero attached hydrogens (tertiary/aromatic N) is 2. The highest BCUT2D eigenvalue weighted by Crippen LogP contribution is 2.36. The Hall–Kier alpha value is -4.50. The van der Waals surface area contributed by atoms with Crippen LogP contribution in [-0.4, -0.2) is 51.8 Å². The standard InChI is InChI=1S/C30H27N3O5S/c1-19(29(35)36)38-25-13-12-20(16-26(25)37-2)17-27-28(34)33(30(39-27)32-22-8-4-3-5-9-22)15-14-21-18-31-24-11-7-6-10-23(21)24/h3-13,16-19,31H,14-15H2,1-2H3,(H,35,36)/b27-17-,32-30?/t19-/m1/s1. The summed E-state index contributed by atoms with van der Waals surface area (Å²) in [5.41, 5.74) is 3.68. The maximum atomic E-state index is 13.6. The zero-order chi connectivity index (χ0) is 27.4. The summed E-state index contributed by atoms with van der Waals surface area (Å²) < 4.78 is 10.9. The Morgan fingerprint density at radius 2 is 1.87 bits per heavy atom. The molecule has 8 nitrogen and oxygen atoms in total. The van der Waals surface area contributed by atoms with Gasteiger partial charge in [-0.1, -0.05) is 42.5 Å². The number of benzene rings is 3. The summed E-state index contributed by atoms with van der Waals surface area (Å²) in [5.74, 6) is -0.517. The third-order valence-corrected chi connectivity index (χ3v) is 7.29. The molecule has 198 valence electrons. The average molecular weight is 542 g/mol. The molecule has 0 aliphatic carbocycles. The van der Waals surface area contributed by atoms with Gasteiger partial charge in [0.15, 0.2) is 22.8 Å². The number of hydrogen-bond acceptors (Lipinski definition) is 6. The van der Waals surface area contributed by atoms with Crippen molar-refractivity contribution >= 4 is 51.5 Å². The smallest absolute Gasteiger partial charge is 0.344 e. The van der Waals surface area contributed by atoms with Crippen molar-refractivity contribution in [2.24, 2.45) is 4.99 Å². The van der Waals surface area contributed by atoms with E-state index in [9.17, 15) is 9.59 Å². The lowest BCUT2D eigenvalue weighted by atomic mass is 10.1. The fourth-order valence-electron chi connectivity index (χ4n) is 4.24. The first-order valence-corrected chi connectivity index (χ1v) is 13.2. The van der Waals surface area contributed by atoms with Crippen LogP contribution in [0.15, 0.2) is 88.9 Å². The number of nitrogens with one attached hydrogen (secondary N) is 1. The molecule has 1 aromatic heterocycles. The first kappa shape index (κ1) is 26.1. The van der Waals surface area contributed by atoms with E-state index in [1.165, 1.54) is 25.8 Å². The Kier molecular flexibility index (Phi) is 7.69. The van der Waals surface area contributed by atoms with Crippen molar-refractivity contribution in [1.82, 2.24) is 9.88 Å². The topological polar surface area (TPSA) is 104 Å². The number of methoxy groups -OCH3 is 1. The molecule has 1 fully saturated rings. The summed E-state index contributed by atoms with van der Waals surface area (Å²) in [4.78, 5) is 35.1. The molecule has 3 aromatic carbocycles. The number of amidine groups is 1. The van der Waals surface area contributed by atoms with E-state index in [0.29, 0.717) is 34.5 Å². The van der Waals surface area contributed by atoms with Crippen molar-refractivity contribution in [1.29, 1.82) is 0 Å². The largest absolute Gasteiger partial charge is 0.493 e. The number of thioether (sulfide) groups is 1. The minimum Gasteiger partial charge on any atom is -0.493 e. The highest BCUT2D eigenvalue weighted by atomic mass is 32.2. The lowest BCUT2D eigenvalue weighted by Crippen LogP contribution is -2.31. The van der Waals surface area contributed by atoms with E-state index < -0.39 is 12.1 Å². The number of aliphatic carboxylic acids is 1. The number of rotatable bonds is 9. The summed E-state index contributed by atoms with van der Waals surface area (Å²) in [6, 6.07) is 22.8. The molecular weight excluding hydrogens is 514 g/mol. The molecule has 1 aliphatic rings. The van der Waals surface area contributed by atoms with E-state index in [0.717, 1.165) is 27.7 Å². The minimum atomic E-state index is -1.07. The zero-order valence-corrected chi connectivity index (χ0v) is 22.3. The van der Waals surface area contributed by atoms with Crippen molar-refractivity contribution < 1.29 is 24.2 Å². The molecule has 0 saturated carbocycles. The Morgan fingerprint density at radius 3 is 2.64 bits per heavy atom. The number of H-pyrrole nitrogens is 1. The quantitative estimate of drug-likeness (QED) is 0.257. The highest BCUT2D eigenvalue weighted by molar-refractivity contribution is 8.18. The lowest BCUT2D eigenvalue weighted by Gasteiger charge is -2.15. The number of ether oxygens (including phenoxy) is 2. The fraction of sp³-hybridized carbons (Fsp3) is 0.167. The van der Waals surface area contributed by atoms with Gasteiger partial charge in [0, 0.05) is 23.6 Å². The molecule has 1 atom stereocenters. The molecule has 9 heteroatoms. The molecular formula is C30H27N3O5S. The summed E-state index contributed by atoms with van der Waals surface area (Å²) in [6.07, 6.45) is 3.41. The number of amides is 1. The molecule has 0 spiro atoms. The molecule has 2 N–H and O–H groups in total. The second kappa shape index (κ2) is 11.5. The van der Waals surface area contributed by atoms with E-state index in [4.69, 9.17) is 19.6 Å². The van der Waals surface area contributed by atoms with Crippen molar-refractivity contribution in [3.05, 3.63) is 95.0 Å². The predicted molar refractivity (Wildman–Crippen MR) is 154 cm³/mol. The minimum absolute atomic E-state index is 0.131. The molecule has 0 bridgehead atoms. The van der Waals surface area contributed by atoms with Crippen LogP contribution >= 0.6 is 11.8 Å². The second-order valence-electron chi connectivity index (χ2n) is 8.92. The Balaban J connectivity index is 1.43. The first-order valence-electron chi connectivity index (χ1n) is 12.4. The molecule has 0 radical (unpaired) electrons. The van der Waals surface area contributed by atoms with Crippen molar-refractivity contribution in [3.8, 4) is 11.5 Å². The number of fused-ring (bicyclic) bond motifs is 1. The zero-order valence-electron chi connectivity index (χ0n) is 21.5. The number of carboxylic acid groups (broad SMARTS) is 1. The first-order chi connectivity index (χ1) is 18.9. The van der Waals surface area contributed by atoms with Crippen LogP contribution in [0.4, 0.5) is 5.69 Å². The maximum Gasteiger partial charge on any atom is 0.344 e. The van der Waals surface area contributed by atoms with Crippen molar-refractivity contribution in [3.63, 3.8) is 0 Å². The van der Waals surface area contributed by atoms with Crippen LogP contribution in [-0.2, 0) is 16.0 Å². The molecule has 2 heterocycles. The number of carbonyl (C=O) groups is 2. The molecule has 39 heavy (non-hydrogen) atoms. The number of aromatic nitrogens is 1. The number of para-hydroxylation sites is 2. The molecule has 4 aromatic rings. The molecule has 1 amide bonds. The van der Waals surface area contributed by atoms with Gasteiger partial charge in [-0.25, -0.2) is 9.79 Å². The monoisotopic (exact) mass is 541 g/mol. The maximum absolute atomic E-state index is 13.6. The van der Waals surface area contributed by atoms with Crippen LogP contribution in [0, 0.1) is 0 Å². The van der Waals surface area contributed by atoms with Gasteiger partial charge in [-0.05, 0) is 72.6 Å². The Morgan fingerprint density at radius 1 is 1.10 bits per heavy atom. The van der Waals surface area contributed by atoms with Gasteiger partial charge in [0.25, 0.3) is 5.91 Å². The Labute approximate surface area is 230 Å². The number of carboxylic acids is 1. The lowest BCUT2D eigenvalue weighted by molar-refractivity contribution is -0.144. The van der Waals surface area contributed by atoms with Crippen LogP contribution in [0.25, 0.3) is 17.0 Å². The van der Waals surface area contributed by atoms with Crippen LogP contribution in [0.1, 0.15) is 18.1 Å². The van der Waals surface area contributed by atoms with Gasteiger partial charge in [0.1, 0.15) is 0 Å². The third kappa shape index (κ3) is 5.83. The van der Waals surface area contributed by atoms with E-state index in [1.807, 2.05) is 54.7 Å². The van der Waals surface area contributed by atoms with E-state index in [2.05, 4.69) is 11.1 Å². The van der Waals surface area contributed by atoms with Crippen molar-refractivity contribution in [2.45, 2.75) is 19.4 Å². The molecule has 5 rings (SSSR count). The van der Waals surface area contributed by atoms with Crippen LogP contribution in [0.2, 0.25) is 0 Å². The van der Waals surface area contributed by atoms with E-state index in [1.54, 1.807) is 29.2 Å².